The molecule has 0 fully saturated rings. The van der Waals surface area contributed by atoms with Crippen LogP contribution in [-0.2, 0) is 0 Å². The van der Waals surface area contributed by atoms with Crippen LogP contribution >= 0.6 is 35.9 Å². The van der Waals surface area contributed by atoms with E-state index in [1.165, 1.54) is 6.26 Å². The van der Waals surface area contributed by atoms with E-state index >= 15 is 0 Å². The van der Waals surface area contributed by atoms with E-state index in [1.807, 2.05) is 12.5 Å². The van der Waals surface area contributed by atoms with E-state index < -0.39 is 0 Å². The van der Waals surface area contributed by atoms with Crippen molar-refractivity contribution in [3.63, 3.8) is 0 Å². The molecule has 0 saturated heterocycles. The molecule has 0 aliphatic carbocycles. The van der Waals surface area contributed by atoms with Crippen molar-refractivity contribution < 1.29 is 9.21 Å². The Morgan fingerprint density at radius 1 is 1.43 bits per heavy atom. The summed E-state index contributed by atoms with van der Waals surface area (Å²) in [5.74, 6) is 0.310. The minimum Gasteiger partial charge on any atom is -0.461 e. The van der Waals surface area contributed by atoms with Crippen molar-refractivity contribution >= 4 is 41.7 Å². The Kier molecular flexibility index (Phi) is 6.87. The van der Waals surface area contributed by atoms with Gasteiger partial charge in [0, 0.05) is 10.3 Å². The molecule has 2 nitrogen and oxygen atoms in total. The zero-order valence-electron chi connectivity index (χ0n) is 7.85. The van der Waals surface area contributed by atoms with E-state index in [0.29, 0.717) is 5.76 Å². The lowest BCUT2D eigenvalue weighted by atomic mass is 10.3. The second-order valence-electron chi connectivity index (χ2n) is 2.21. The summed E-state index contributed by atoms with van der Waals surface area (Å²) in [6.07, 6.45) is 6.97. The summed E-state index contributed by atoms with van der Waals surface area (Å²) >= 11 is 3.11. The van der Waals surface area contributed by atoms with Gasteiger partial charge in [-0.1, -0.05) is 0 Å². The maximum atomic E-state index is 11.4. The zero-order chi connectivity index (χ0) is 9.68. The van der Waals surface area contributed by atoms with Crippen LogP contribution in [0.4, 0.5) is 0 Å². The SMILES string of the molecule is CSC(=CC(=O)c1ccco1)SC.Cl. The highest BCUT2D eigenvalue weighted by atomic mass is 35.5. The molecule has 0 aliphatic rings. The van der Waals surface area contributed by atoms with Crippen LogP contribution in [0.5, 0.6) is 0 Å². The Labute approximate surface area is 97.9 Å². The standard InChI is InChI=1S/C9H10O2S2.ClH/c1-12-9(13-2)6-7(10)8-4-3-5-11-8;/h3-6H,1-2H3;1H. The number of allylic oxidation sites excluding steroid dienone is 1. The van der Waals surface area contributed by atoms with Gasteiger partial charge in [-0.25, -0.2) is 0 Å². The van der Waals surface area contributed by atoms with Crippen LogP contribution in [0.25, 0.3) is 0 Å². The summed E-state index contributed by atoms with van der Waals surface area (Å²) in [6.45, 7) is 0. The fraction of sp³-hybridized carbons (Fsp3) is 0.222. The second-order valence-corrected chi connectivity index (χ2v) is 4.17. The average Bonchev–Trinajstić information content (AvgIpc) is 2.66. The third-order valence-electron chi connectivity index (χ3n) is 1.42. The molecule has 5 heteroatoms. The molecule has 0 aromatic carbocycles. The number of hydrogen-bond donors (Lipinski definition) is 0. The predicted octanol–water partition coefficient (Wildman–Crippen LogP) is 3.45. The maximum absolute atomic E-state index is 11.4. The number of halogens is 1. The number of carbonyl (C=O) groups is 1. The number of hydrogen-bond acceptors (Lipinski definition) is 4. The smallest absolute Gasteiger partial charge is 0.222 e. The van der Waals surface area contributed by atoms with Gasteiger partial charge in [0.15, 0.2) is 5.76 Å². The first kappa shape index (κ1) is 13.7. The van der Waals surface area contributed by atoms with Gasteiger partial charge >= 0.3 is 0 Å². The summed E-state index contributed by atoms with van der Waals surface area (Å²) in [7, 11) is 0. The maximum Gasteiger partial charge on any atom is 0.222 e. The van der Waals surface area contributed by atoms with Gasteiger partial charge < -0.3 is 4.42 Å². The van der Waals surface area contributed by atoms with Crippen LogP contribution in [0, 0.1) is 0 Å². The van der Waals surface area contributed by atoms with Crippen molar-refractivity contribution in [1.29, 1.82) is 0 Å². The van der Waals surface area contributed by atoms with Crippen LogP contribution in [0.2, 0.25) is 0 Å². The van der Waals surface area contributed by atoms with Gasteiger partial charge in [-0.15, -0.1) is 35.9 Å². The van der Waals surface area contributed by atoms with Crippen LogP contribution in [-0.4, -0.2) is 18.3 Å². The molecule has 0 N–H and O–H groups in total. The van der Waals surface area contributed by atoms with Crippen molar-refractivity contribution in [1.82, 2.24) is 0 Å². The van der Waals surface area contributed by atoms with Crippen LogP contribution in [0.1, 0.15) is 10.6 Å². The van der Waals surface area contributed by atoms with Crippen molar-refractivity contribution in [3.8, 4) is 0 Å². The Morgan fingerprint density at radius 3 is 2.50 bits per heavy atom. The van der Waals surface area contributed by atoms with Gasteiger partial charge in [-0.05, 0) is 24.6 Å². The molecular formula is C9H11ClO2S2. The molecule has 0 amide bonds. The molecule has 0 bridgehead atoms. The van der Waals surface area contributed by atoms with Gasteiger partial charge in [0.05, 0.1) is 6.26 Å². The number of ketones is 1. The summed E-state index contributed by atoms with van der Waals surface area (Å²) in [6, 6.07) is 3.37. The average molecular weight is 251 g/mol. The van der Waals surface area contributed by atoms with Gasteiger partial charge in [0.2, 0.25) is 5.78 Å². The number of carbonyl (C=O) groups excluding carboxylic acids is 1. The first-order valence-electron chi connectivity index (χ1n) is 3.65. The lowest BCUT2D eigenvalue weighted by Crippen LogP contribution is -1.91. The lowest BCUT2D eigenvalue weighted by molar-refractivity contribution is 0.102. The monoisotopic (exact) mass is 250 g/mol. The first-order chi connectivity index (χ1) is 6.27. The van der Waals surface area contributed by atoms with Crippen LogP contribution in [0.15, 0.2) is 33.1 Å². The highest BCUT2D eigenvalue weighted by Crippen LogP contribution is 2.23. The zero-order valence-corrected chi connectivity index (χ0v) is 10.3. The molecule has 0 spiro atoms. The number of rotatable bonds is 4. The number of thioether (sulfide) groups is 2. The molecular weight excluding hydrogens is 240 g/mol. The second kappa shape index (κ2) is 7.04. The minimum atomic E-state index is -0.0799. The molecule has 1 aromatic rings. The summed E-state index contributed by atoms with van der Waals surface area (Å²) in [5, 5.41) is 0. The predicted molar refractivity (Wildman–Crippen MR) is 65.4 cm³/mol. The van der Waals surface area contributed by atoms with Gasteiger partial charge in [0.1, 0.15) is 0 Å². The van der Waals surface area contributed by atoms with E-state index in [0.717, 1.165) is 4.24 Å². The topological polar surface area (TPSA) is 30.2 Å². The van der Waals surface area contributed by atoms with Gasteiger partial charge in [-0.2, -0.15) is 0 Å². The summed E-state index contributed by atoms with van der Waals surface area (Å²) < 4.78 is 5.96. The van der Waals surface area contributed by atoms with E-state index in [9.17, 15) is 4.79 Å². The number of furan rings is 1. The van der Waals surface area contributed by atoms with Crippen molar-refractivity contribution in [2.24, 2.45) is 0 Å². The van der Waals surface area contributed by atoms with E-state index in [4.69, 9.17) is 4.42 Å². The highest BCUT2D eigenvalue weighted by Gasteiger charge is 2.06. The highest BCUT2D eigenvalue weighted by molar-refractivity contribution is 8.21. The van der Waals surface area contributed by atoms with E-state index in [1.54, 1.807) is 41.7 Å². The summed E-state index contributed by atoms with van der Waals surface area (Å²) in [5.41, 5.74) is 0. The molecule has 0 saturated carbocycles. The van der Waals surface area contributed by atoms with Crippen molar-refractivity contribution in [2.45, 2.75) is 0 Å². The first-order valence-corrected chi connectivity index (χ1v) is 6.10. The fourth-order valence-corrected chi connectivity index (χ4v) is 1.91. The molecule has 14 heavy (non-hydrogen) atoms. The molecule has 0 aliphatic heterocycles. The van der Waals surface area contributed by atoms with E-state index in [2.05, 4.69) is 0 Å². The molecule has 0 atom stereocenters. The molecule has 1 aromatic heterocycles. The molecule has 0 unspecified atom stereocenters. The molecule has 1 heterocycles. The van der Waals surface area contributed by atoms with Gasteiger partial charge in [-0.3, -0.25) is 4.79 Å². The van der Waals surface area contributed by atoms with Crippen LogP contribution in [0.3, 0.4) is 0 Å². The Balaban J connectivity index is 0.00000169. The molecule has 1 rings (SSSR count). The quantitative estimate of drug-likeness (QED) is 0.605. The van der Waals surface area contributed by atoms with E-state index in [-0.39, 0.29) is 18.2 Å². The largest absolute Gasteiger partial charge is 0.461 e. The van der Waals surface area contributed by atoms with Crippen LogP contribution < -0.4 is 0 Å². The molecule has 78 valence electrons. The minimum absolute atomic E-state index is 0. The Morgan fingerprint density at radius 2 is 2.07 bits per heavy atom. The lowest BCUT2D eigenvalue weighted by Gasteiger charge is -1.96. The van der Waals surface area contributed by atoms with Crippen molar-refractivity contribution in [2.75, 3.05) is 12.5 Å². The van der Waals surface area contributed by atoms with Crippen molar-refractivity contribution in [3.05, 3.63) is 34.5 Å². The normalized spacial score (nSPS) is 9.00. The Hall–Kier alpha value is -0.320. The Bertz CT molecular complexity index is 301. The molecule has 0 radical (unpaired) electrons. The fourth-order valence-electron chi connectivity index (χ4n) is 0.798. The third kappa shape index (κ3) is 3.82. The van der Waals surface area contributed by atoms with Gasteiger partial charge in [0.25, 0.3) is 0 Å². The third-order valence-corrected chi connectivity index (χ3v) is 3.46. The summed E-state index contributed by atoms with van der Waals surface area (Å²) in [4.78, 5) is 11.4.